The zero-order valence-electron chi connectivity index (χ0n) is 15.4. The van der Waals surface area contributed by atoms with Crippen LogP contribution in [0.15, 0.2) is 36.4 Å². The summed E-state index contributed by atoms with van der Waals surface area (Å²) in [5.74, 6) is 1.69. The van der Waals surface area contributed by atoms with E-state index in [2.05, 4.69) is 34.3 Å². The van der Waals surface area contributed by atoms with E-state index >= 15 is 0 Å². The van der Waals surface area contributed by atoms with Crippen molar-refractivity contribution in [3.63, 3.8) is 0 Å². The molecule has 2 aromatic rings. The summed E-state index contributed by atoms with van der Waals surface area (Å²) in [5.41, 5.74) is 2.08. The van der Waals surface area contributed by atoms with E-state index in [-0.39, 0.29) is 6.10 Å². The summed E-state index contributed by atoms with van der Waals surface area (Å²) in [4.78, 5) is 14.3. The highest BCUT2D eigenvalue weighted by molar-refractivity contribution is 5.64. The third kappa shape index (κ3) is 4.14. The fourth-order valence-corrected chi connectivity index (χ4v) is 3.45. The lowest BCUT2D eigenvalue weighted by molar-refractivity contribution is 0.120. The van der Waals surface area contributed by atoms with E-state index in [1.807, 2.05) is 24.3 Å². The van der Waals surface area contributed by atoms with Crippen molar-refractivity contribution in [2.75, 3.05) is 56.6 Å². The van der Waals surface area contributed by atoms with Gasteiger partial charge in [-0.25, -0.2) is 4.98 Å². The molecule has 3 heterocycles. The second kappa shape index (κ2) is 8.01. The second-order valence-corrected chi connectivity index (χ2v) is 7.11. The molecule has 6 heteroatoms. The van der Waals surface area contributed by atoms with E-state index in [1.54, 1.807) is 0 Å². The Morgan fingerprint density at radius 2 is 1.92 bits per heavy atom. The first-order valence-electron chi connectivity index (χ1n) is 9.51. The molecule has 2 aliphatic heterocycles. The van der Waals surface area contributed by atoms with Crippen LogP contribution in [0.25, 0.3) is 11.3 Å². The fraction of sp³-hybridized carbons (Fsp3) is 0.500. The largest absolute Gasteiger partial charge is 0.376 e. The number of ether oxygens (including phenoxy) is 1. The maximum Gasteiger partial charge on any atom is 0.227 e. The first kappa shape index (κ1) is 17.2. The van der Waals surface area contributed by atoms with Gasteiger partial charge < -0.3 is 19.9 Å². The minimum absolute atomic E-state index is 0.289. The van der Waals surface area contributed by atoms with Crippen molar-refractivity contribution in [1.82, 2.24) is 14.9 Å². The molecule has 0 amide bonds. The lowest BCUT2D eigenvalue weighted by atomic mass is 10.1. The number of rotatable bonds is 5. The molecular weight excluding hydrogens is 326 g/mol. The van der Waals surface area contributed by atoms with E-state index < -0.39 is 0 Å². The quantitative estimate of drug-likeness (QED) is 0.891. The SMILES string of the molecule is CN1CCN(c2nc(NCC3CCCO3)cc(-c3ccccc3)n2)CC1. The maximum atomic E-state index is 5.73. The standard InChI is InChI=1S/C20H27N5O/c1-24-9-11-25(12-10-24)20-22-18(16-6-3-2-4-7-16)14-19(23-20)21-15-17-8-5-13-26-17/h2-4,6-7,14,17H,5,8-13,15H2,1H3,(H,21,22,23). The minimum Gasteiger partial charge on any atom is -0.376 e. The summed E-state index contributed by atoms with van der Waals surface area (Å²) in [6.45, 7) is 5.67. The van der Waals surface area contributed by atoms with Crippen LogP contribution in [0.1, 0.15) is 12.8 Å². The summed E-state index contributed by atoms with van der Waals surface area (Å²) >= 11 is 0. The van der Waals surface area contributed by atoms with Crippen LogP contribution in [0.2, 0.25) is 0 Å². The highest BCUT2D eigenvalue weighted by Crippen LogP contribution is 2.24. The van der Waals surface area contributed by atoms with Crippen LogP contribution in [-0.2, 0) is 4.74 Å². The molecule has 6 nitrogen and oxygen atoms in total. The predicted molar refractivity (Wildman–Crippen MR) is 105 cm³/mol. The Balaban J connectivity index is 1.58. The van der Waals surface area contributed by atoms with Gasteiger partial charge in [0, 0.05) is 51.0 Å². The summed E-state index contributed by atoms with van der Waals surface area (Å²) in [5, 5.41) is 3.47. The third-order valence-electron chi connectivity index (χ3n) is 5.10. The van der Waals surface area contributed by atoms with Gasteiger partial charge in [0.05, 0.1) is 11.8 Å². The van der Waals surface area contributed by atoms with Crippen LogP contribution in [0.3, 0.4) is 0 Å². The van der Waals surface area contributed by atoms with Gasteiger partial charge in [0.25, 0.3) is 0 Å². The van der Waals surface area contributed by atoms with Gasteiger partial charge in [-0.2, -0.15) is 4.98 Å². The molecule has 0 bridgehead atoms. The van der Waals surface area contributed by atoms with Gasteiger partial charge >= 0.3 is 0 Å². The molecule has 0 radical (unpaired) electrons. The normalized spacial score (nSPS) is 21.1. The van der Waals surface area contributed by atoms with Crippen molar-refractivity contribution in [3.05, 3.63) is 36.4 Å². The third-order valence-corrected chi connectivity index (χ3v) is 5.10. The Morgan fingerprint density at radius 1 is 1.12 bits per heavy atom. The van der Waals surface area contributed by atoms with E-state index in [9.17, 15) is 0 Å². The van der Waals surface area contributed by atoms with Gasteiger partial charge in [-0.05, 0) is 19.9 Å². The van der Waals surface area contributed by atoms with Crippen molar-refractivity contribution < 1.29 is 4.74 Å². The number of hydrogen-bond donors (Lipinski definition) is 1. The first-order valence-corrected chi connectivity index (χ1v) is 9.51. The molecule has 4 rings (SSSR count). The van der Waals surface area contributed by atoms with Crippen molar-refractivity contribution in [2.24, 2.45) is 0 Å². The van der Waals surface area contributed by atoms with Crippen LogP contribution in [0, 0.1) is 0 Å². The van der Waals surface area contributed by atoms with Gasteiger partial charge in [0.15, 0.2) is 0 Å². The predicted octanol–water partition coefficient (Wildman–Crippen LogP) is 2.49. The molecule has 1 aromatic heterocycles. The van der Waals surface area contributed by atoms with Crippen molar-refractivity contribution in [3.8, 4) is 11.3 Å². The van der Waals surface area contributed by atoms with Gasteiger partial charge in [-0.3, -0.25) is 0 Å². The molecule has 2 fully saturated rings. The number of piperazine rings is 1. The van der Waals surface area contributed by atoms with E-state index in [1.165, 1.54) is 0 Å². The monoisotopic (exact) mass is 353 g/mol. The van der Waals surface area contributed by atoms with Crippen molar-refractivity contribution >= 4 is 11.8 Å². The Morgan fingerprint density at radius 3 is 2.65 bits per heavy atom. The topological polar surface area (TPSA) is 53.5 Å². The van der Waals surface area contributed by atoms with Crippen LogP contribution < -0.4 is 10.2 Å². The summed E-state index contributed by atoms with van der Waals surface area (Å²) in [6.07, 6.45) is 2.56. The maximum absolute atomic E-state index is 5.73. The molecule has 26 heavy (non-hydrogen) atoms. The van der Waals surface area contributed by atoms with Crippen LogP contribution in [-0.4, -0.2) is 67.4 Å². The van der Waals surface area contributed by atoms with Gasteiger partial charge in [0.2, 0.25) is 5.95 Å². The Labute approximate surface area is 155 Å². The first-order chi connectivity index (χ1) is 12.8. The number of nitrogens with zero attached hydrogens (tertiary/aromatic N) is 4. The summed E-state index contributed by atoms with van der Waals surface area (Å²) in [7, 11) is 2.16. The van der Waals surface area contributed by atoms with Gasteiger partial charge in [0.1, 0.15) is 5.82 Å². The van der Waals surface area contributed by atoms with E-state index in [0.29, 0.717) is 0 Å². The highest BCUT2D eigenvalue weighted by Gasteiger charge is 2.19. The number of benzene rings is 1. The van der Waals surface area contributed by atoms with Gasteiger partial charge in [-0.1, -0.05) is 30.3 Å². The molecule has 1 N–H and O–H groups in total. The lowest BCUT2D eigenvalue weighted by Gasteiger charge is -2.32. The van der Waals surface area contributed by atoms with Crippen molar-refractivity contribution in [2.45, 2.75) is 18.9 Å². The molecule has 0 saturated carbocycles. The summed E-state index contributed by atoms with van der Waals surface area (Å²) in [6, 6.07) is 12.4. The highest BCUT2D eigenvalue weighted by atomic mass is 16.5. The Bertz CT molecular complexity index is 709. The fourth-order valence-electron chi connectivity index (χ4n) is 3.45. The zero-order valence-corrected chi connectivity index (χ0v) is 15.4. The van der Waals surface area contributed by atoms with Gasteiger partial charge in [-0.15, -0.1) is 0 Å². The van der Waals surface area contributed by atoms with Crippen LogP contribution in [0.5, 0.6) is 0 Å². The lowest BCUT2D eigenvalue weighted by Crippen LogP contribution is -2.45. The molecular formula is C20H27N5O. The molecule has 0 spiro atoms. The number of likely N-dealkylation sites (N-methyl/N-ethyl adjacent to an activating group) is 1. The second-order valence-electron chi connectivity index (χ2n) is 7.11. The smallest absolute Gasteiger partial charge is 0.227 e. The molecule has 2 aliphatic rings. The molecule has 138 valence electrons. The number of hydrogen-bond acceptors (Lipinski definition) is 6. The van der Waals surface area contributed by atoms with E-state index in [4.69, 9.17) is 14.7 Å². The summed E-state index contributed by atoms with van der Waals surface area (Å²) < 4.78 is 5.73. The minimum atomic E-state index is 0.289. The number of aromatic nitrogens is 2. The van der Waals surface area contributed by atoms with Crippen LogP contribution in [0.4, 0.5) is 11.8 Å². The molecule has 0 aliphatic carbocycles. The number of anilines is 2. The van der Waals surface area contributed by atoms with E-state index in [0.717, 1.165) is 75.2 Å². The van der Waals surface area contributed by atoms with Crippen molar-refractivity contribution in [1.29, 1.82) is 0 Å². The van der Waals surface area contributed by atoms with Crippen LogP contribution >= 0.6 is 0 Å². The molecule has 1 aromatic carbocycles. The average Bonchev–Trinajstić information content (AvgIpc) is 3.21. The average molecular weight is 353 g/mol. The molecule has 1 unspecified atom stereocenters. The number of nitrogens with one attached hydrogen (secondary N) is 1. The zero-order chi connectivity index (χ0) is 17.8. The molecule has 1 atom stereocenters. The Kier molecular flexibility index (Phi) is 5.32. The Hall–Kier alpha value is -2.18. The molecule has 2 saturated heterocycles.